The van der Waals surface area contributed by atoms with Crippen LogP contribution < -0.4 is 4.90 Å². The van der Waals surface area contributed by atoms with E-state index in [0.29, 0.717) is 16.8 Å². The van der Waals surface area contributed by atoms with Crippen LogP contribution in [0.15, 0.2) is 97.2 Å². The normalized spacial score (nSPS) is 12.6. The molecule has 0 aliphatic heterocycles. The highest BCUT2D eigenvalue weighted by Gasteiger charge is 2.15. The summed E-state index contributed by atoms with van der Waals surface area (Å²) in [5.41, 5.74) is 3.68. The predicted molar refractivity (Wildman–Crippen MR) is 141 cm³/mol. The fourth-order valence-electron chi connectivity index (χ4n) is 4.18. The molecule has 1 aromatic heterocycles. The topological polar surface area (TPSA) is 58.4 Å². The van der Waals surface area contributed by atoms with Gasteiger partial charge in [-0.1, -0.05) is 36.4 Å². The maximum atomic E-state index is 15.6. The molecule has 0 radical (unpaired) electrons. The van der Waals surface area contributed by atoms with E-state index in [1.54, 1.807) is 53.3 Å². The Morgan fingerprint density at radius 1 is 1.00 bits per heavy atom. The van der Waals surface area contributed by atoms with E-state index in [4.69, 9.17) is 6.48 Å². The summed E-state index contributed by atoms with van der Waals surface area (Å²) in [6.45, 7) is -1.26. The molecule has 1 atom stereocenters. The average molecular weight is 497 g/mol. The first-order valence-electron chi connectivity index (χ1n) is 12.1. The molecule has 0 aliphatic carbocycles. The fraction of sp³-hybridized carbons (Fsp3) is 0.0667. The summed E-state index contributed by atoms with van der Waals surface area (Å²) < 4.78 is 40.9. The maximum Gasteiger partial charge on any atom is 0.328 e. The van der Waals surface area contributed by atoms with Gasteiger partial charge in [0.1, 0.15) is 11.6 Å². The molecule has 5 nitrogen and oxygen atoms in total. The molecule has 0 aliphatic rings. The third-order valence-corrected chi connectivity index (χ3v) is 5.98. The van der Waals surface area contributed by atoms with Gasteiger partial charge in [0.05, 0.1) is 19.6 Å². The molecule has 1 unspecified atom stereocenters. The summed E-state index contributed by atoms with van der Waals surface area (Å²) in [6.07, 6.45) is 3.93. The van der Waals surface area contributed by atoms with Crippen molar-refractivity contribution in [3.05, 3.63) is 120 Å². The minimum absolute atomic E-state index is 0.104. The van der Waals surface area contributed by atoms with E-state index in [-0.39, 0.29) is 11.3 Å². The van der Waals surface area contributed by atoms with Gasteiger partial charge in [-0.2, -0.15) is 5.10 Å². The molecular weight excluding hydrogens is 472 g/mol. The van der Waals surface area contributed by atoms with Gasteiger partial charge in [0, 0.05) is 35.4 Å². The number of rotatable bonds is 7. The van der Waals surface area contributed by atoms with Crippen molar-refractivity contribution in [2.75, 3.05) is 4.90 Å². The second kappa shape index (κ2) is 10.1. The number of benzene rings is 4. The van der Waals surface area contributed by atoms with E-state index >= 15 is 4.39 Å². The first-order chi connectivity index (χ1) is 18.3. The molecule has 0 bridgehead atoms. The summed E-state index contributed by atoms with van der Waals surface area (Å²) in [5, 5.41) is 14.1. The number of hydrogen-bond donors (Lipinski definition) is 1. The zero-order valence-corrected chi connectivity index (χ0v) is 19.8. The number of hydrogen-bond acceptors (Lipinski definition) is 3. The summed E-state index contributed by atoms with van der Waals surface area (Å²) in [4.78, 5) is 12.5. The van der Waals surface area contributed by atoms with Gasteiger partial charge in [0.15, 0.2) is 0 Å². The van der Waals surface area contributed by atoms with E-state index in [9.17, 15) is 9.18 Å². The van der Waals surface area contributed by atoms with Crippen molar-refractivity contribution in [1.82, 2.24) is 9.78 Å². The van der Waals surface area contributed by atoms with E-state index in [2.05, 4.69) is 5.10 Å². The van der Waals surface area contributed by atoms with Crippen LogP contribution >= 0.6 is 0 Å². The van der Waals surface area contributed by atoms with Crippen LogP contribution in [0, 0.1) is 11.6 Å². The van der Waals surface area contributed by atoms with E-state index in [1.807, 2.05) is 31.3 Å². The summed E-state index contributed by atoms with van der Waals surface area (Å²) in [7, 11) is 1.85. The van der Waals surface area contributed by atoms with Crippen LogP contribution in [0.2, 0.25) is 0 Å². The van der Waals surface area contributed by atoms with Crippen molar-refractivity contribution in [3.8, 4) is 11.1 Å². The van der Waals surface area contributed by atoms with Crippen LogP contribution in [0.1, 0.15) is 12.5 Å². The van der Waals surface area contributed by atoms with Gasteiger partial charge in [-0.05, 0) is 71.3 Å². The van der Waals surface area contributed by atoms with Crippen molar-refractivity contribution < 1.29 is 20.1 Å². The predicted octanol–water partition coefficient (Wildman–Crippen LogP) is 6.95. The van der Waals surface area contributed by atoms with Gasteiger partial charge in [-0.3, -0.25) is 4.68 Å². The van der Waals surface area contributed by atoms with E-state index in [1.165, 1.54) is 29.2 Å². The quantitative estimate of drug-likeness (QED) is 0.248. The summed E-state index contributed by atoms with van der Waals surface area (Å²) in [6, 6.07) is 23.3. The van der Waals surface area contributed by atoms with E-state index < -0.39 is 24.1 Å². The Labute approximate surface area is 213 Å². The van der Waals surface area contributed by atoms with Gasteiger partial charge in [-0.15, -0.1) is 0 Å². The first-order valence-corrected chi connectivity index (χ1v) is 11.5. The Hall–Kier alpha value is -4.78. The zero-order chi connectivity index (χ0) is 26.8. The summed E-state index contributed by atoms with van der Waals surface area (Å²) in [5.74, 6) is -2.35. The molecule has 4 aromatic carbocycles. The highest BCUT2D eigenvalue weighted by atomic mass is 19.1. The third-order valence-electron chi connectivity index (χ3n) is 5.98. The van der Waals surface area contributed by atoms with Crippen molar-refractivity contribution in [2.45, 2.75) is 6.52 Å². The van der Waals surface area contributed by atoms with Crippen LogP contribution in [0.3, 0.4) is 0 Å². The lowest BCUT2D eigenvalue weighted by Crippen LogP contribution is -2.17. The van der Waals surface area contributed by atoms with Gasteiger partial charge in [0.25, 0.3) is 0 Å². The van der Waals surface area contributed by atoms with Crippen molar-refractivity contribution in [3.63, 3.8) is 0 Å². The Morgan fingerprint density at radius 2 is 1.76 bits per heavy atom. The number of carbonyl (C=O) groups is 1. The minimum Gasteiger partial charge on any atom is -0.478 e. The minimum atomic E-state index is -1.26. The third kappa shape index (κ3) is 5.26. The number of halogens is 2. The molecular formula is C30H23F2N3O2. The standard InChI is InChI=1S/C30H23F2N3O2/c1-34-29-11-10-21(15-24(29)18-33-34)22-8-9-23(28(32)16-22)19-35(26-5-3-2-4-6-26)27-14-20(7-12-30(36)37)13-25(31)17-27/h2-18H,19H2,1H3,(H,36,37)/b12-7+/i19D. The Morgan fingerprint density at radius 3 is 2.51 bits per heavy atom. The molecule has 1 heterocycles. The Bertz CT molecular complexity index is 1670. The molecule has 0 saturated carbocycles. The lowest BCUT2D eigenvalue weighted by atomic mass is 10.0. The first kappa shape index (κ1) is 22.7. The van der Waals surface area contributed by atoms with Gasteiger partial charge >= 0.3 is 5.97 Å². The smallest absolute Gasteiger partial charge is 0.328 e. The highest BCUT2D eigenvalue weighted by Crippen LogP contribution is 2.32. The number of anilines is 2. The lowest BCUT2D eigenvalue weighted by Gasteiger charge is -2.26. The zero-order valence-electron chi connectivity index (χ0n) is 20.8. The van der Waals surface area contributed by atoms with Crippen LogP contribution in [0.25, 0.3) is 28.1 Å². The molecule has 1 N–H and O–H groups in total. The number of aliphatic carboxylic acids is 1. The Balaban J connectivity index is 1.55. The molecule has 5 aromatic rings. The lowest BCUT2D eigenvalue weighted by molar-refractivity contribution is -0.131. The molecule has 7 heteroatoms. The number of carboxylic acids is 1. The second-order valence-corrected chi connectivity index (χ2v) is 8.53. The number of aromatic nitrogens is 2. The Kier molecular flexibility index (Phi) is 6.17. The fourth-order valence-corrected chi connectivity index (χ4v) is 4.18. The van der Waals surface area contributed by atoms with Crippen LogP contribution in [-0.4, -0.2) is 20.9 Å². The van der Waals surface area contributed by atoms with Gasteiger partial charge in [0.2, 0.25) is 0 Å². The molecule has 0 amide bonds. The SMILES string of the molecule is [2H]C(c1ccc(-c2ccc3c(cnn3C)c2)cc1F)N(c1ccccc1)c1cc(F)cc(/C=C/C(=O)O)c1. The maximum absolute atomic E-state index is 15.6. The molecule has 5 rings (SSSR count). The van der Waals surface area contributed by atoms with Crippen molar-refractivity contribution in [1.29, 1.82) is 0 Å². The number of aryl methyl sites for hydroxylation is 1. The monoisotopic (exact) mass is 496 g/mol. The molecule has 184 valence electrons. The second-order valence-electron chi connectivity index (χ2n) is 8.53. The number of fused-ring (bicyclic) bond motifs is 1. The molecule has 0 saturated heterocycles. The number of carboxylic acid groups (broad SMARTS) is 1. The number of nitrogens with zero attached hydrogens (tertiary/aromatic N) is 3. The van der Waals surface area contributed by atoms with Crippen LogP contribution in [-0.2, 0) is 18.4 Å². The van der Waals surface area contributed by atoms with E-state index in [0.717, 1.165) is 22.5 Å². The molecule has 37 heavy (non-hydrogen) atoms. The average Bonchev–Trinajstić information content (AvgIpc) is 3.27. The van der Waals surface area contributed by atoms with Gasteiger partial charge < -0.3 is 10.0 Å². The van der Waals surface area contributed by atoms with Crippen molar-refractivity contribution >= 4 is 34.3 Å². The highest BCUT2D eigenvalue weighted by molar-refractivity contribution is 5.86. The largest absolute Gasteiger partial charge is 0.478 e. The molecule has 0 fully saturated rings. The van der Waals surface area contributed by atoms with Crippen molar-refractivity contribution in [2.24, 2.45) is 7.05 Å². The van der Waals surface area contributed by atoms with Crippen LogP contribution in [0.4, 0.5) is 20.2 Å². The molecule has 0 spiro atoms. The number of para-hydroxylation sites is 1. The van der Waals surface area contributed by atoms with Gasteiger partial charge in [-0.25, -0.2) is 13.6 Å². The summed E-state index contributed by atoms with van der Waals surface area (Å²) >= 11 is 0. The van der Waals surface area contributed by atoms with Crippen LogP contribution in [0.5, 0.6) is 0 Å².